The zero-order valence-corrected chi connectivity index (χ0v) is 7.00. The molecule has 12 heavy (non-hydrogen) atoms. The van der Waals surface area contributed by atoms with Crippen LogP contribution in [0.4, 0.5) is 0 Å². The lowest BCUT2D eigenvalue weighted by molar-refractivity contribution is 0.0996. The molecule has 0 fully saturated rings. The van der Waals surface area contributed by atoms with E-state index in [9.17, 15) is 4.79 Å². The first-order valence-electron chi connectivity index (χ1n) is 3.46. The SMILES string of the molecule is COc1ccnc(C)c1C(N)=O. The van der Waals surface area contributed by atoms with Gasteiger partial charge in [-0.3, -0.25) is 9.78 Å². The molecule has 0 radical (unpaired) electrons. The van der Waals surface area contributed by atoms with Gasteiger partial charge < -0.3 is 10.5 Å². The number of methoxy groups -OCH3 is 1. The molecule has 0 spiro atoms. The molecule has 0 bridgehead atoms. The molecule has 0 aliphatic carbocycles. The minimum atomic E-state index is -0.516. The molecule has 4 nitrogen and oxygen atoms in total. The van der Waals surface area contributed by atoms with Gasteiger partial charge in [-0.1, -0.05) is 0 Å². The Bertz CT molecular complexity index is 310. The van der Waals surface area contributed by atoms with Crippen LogP contribution in [-0.4, -0.2) is 18.0 Å². The Kier molecular flexibility index (Phi) is 2.28. The number of pyridine rings is 1. The topological polar surface area (TPSA) is 65.2 Å². The Balaban J connectivity index is 3.29. The van der Waals surface area contributed by atoms with Crippen molar-refractivity contribution in [3.05, 3.63) is 23.5 Å². The summed E-state index contributed by atoms with van der Waals surface area (Å²) in [6.07, 6.45) is 1.57. The van der Waals surface area contributed by atoms with Crippen molar-refractivity contribution >= 4 is 5.91 Å². The van der Waals surface area contributed by atoms with Crippen molar-refractivity contribution in [2.75, 3.05) is 7.11 Å². The lowest BCUT2D eigenvalue weighted by atomic mass is 10.2. The molecule has 0 unspecified atom stereocenters. The fourth-order valence-corrected chi connectivity index (χ4v) is 1.01. The highest BCUT2D eigenvalue weighted by atomic mass is 16.5. The van der Waals surface area contributed by atoms with Crippen LogP contribution in [-0.2, 0) is 0 Å². The lowest BCUT2D eigenvalue weighted by Crippen LogP contribution is -2.14. The van der Waals surface area contributed by atoms with E-state index in [4.69, 9.17) is 10.5 Å². The van der Waals surface area contributed by atoms with Crippen molar-refractivity contribution in [2.24, 2.45) is 5.73 Å². The maximum absolute atomic E-state index is 10.9. The molecule has 0 aliphatic heterocycles. The van der Waals surface area contributed by atoms with Crippen LogP contribution in [0, 0.1) is 6.92 Å². The molecule has 0 saturated heterocycles. The second-order valence-corrected chi connectivity index (χ2v) is 2.34. The minimum Gasteiger partial charge on any atom is -0.496 e. The number of hydrogen-bond donors (Lipinski definition) is 1. The van der Waals surface area contributed by atoms with Crippen molar-refractivity contribution < 1.29 is 9.53 Å². The monoisotopic (exact) mass is 166 g/mol. The van der Waals surface area contributed by atoms with Crippen LogP contribution in [0.2, 0.25) is 0 Å². The third-order valence-electron chi connectivity index (χ3n) is 1.57. The Hall–Kier alpha value is -1.58. The Morgan fingerprint density at radius 1 is 1.67 bits per heavy atom. The van der Waals surface area contributed by atoms with Gasteiger partial charge in [0.2, 0.25) is 0 Å². The number of carbonyl (C=O) groups excluding carboxylic acids is 1. The molecule has 0 atom stereocenters. The number of aryl methyl sites for hydroxylation is 1. The molecule has 4 heteroatoms. The molecule has 0 aromatic carbocycles. The summed E-state index contributed by atoms with van der Waals surface area (Å²) in [6, 6.07) is 1.60. The summed E-state index contributed by atoms with van der Waals surface area (Å²) < 4.78 is 4.95. The zero-order chi connectivity index (χ0) is 9.14. The summed E-state index contributed by atoms with van der Waals surface area (Å²) in [5.41, 5.74) is 6.06. The molecule has 1 aromatic rings. The van der Waals surface area contributed by atoms with Gasteiger partial charge in [0.15, 0.2) is 0 Å². The Morgan fingerprint density at radius 2 is 2.33 bits per heavy atom. The van der Waals surface area contributed by atoms with Gasteiger partial charge in [0.1, 0.15) is 11.3 Å². The van der Waals surface area contributed by atoms with Gasteiger partial charge in [0.25, 0.3) is 5.91 Å². The zero-order valence-electron chi connectivity index (χ0n) is 7.00. The van der Waals surface area contributed by atoms with Gasteiger partial charge in [-0.2, -0.15) is 0 Å². The average molecular weight is 166 g/mol. The molecular formula is C8H10N2O2. The summed E-state index contributed by atoms with van der Waals surface area (Å²) in [6.45, 7) is 1.71. The lowest BCUT2D eigenvalue weighted by Gasteiger charge is -2.06. The van der Waals surface area contributed by atoms with E-state index < -0.39 is 5.91 Å². The molecular weight excluding hydrogens is 156 g/mol. The number of nitrogens with two attached hydrogens (primary N) is 1. The van der Waals surface area contributed by atoms with E-state index in [0.29, 0.717) is 17.0 Å². The Labute approximate surface area is 70.4 Å². The first kappa shape index (κ1) is 8.52. The van der Waals surface area contributed by atoms with E-state index in [0.717, 1.165) is 0 Å². The van der Waals surface area contributed by atoms with Gasteiger partial charge in [-0.25, -0.2) is 0 Å². The molecule has 1 aromatic heterocycles. The maximum atomic E-state index is 10.9. The van der Waals surface area contributed by atoms with E-state index in [-0.39, 0.29) is 0 Å². The van der Waals surface area contributed by atoms with Crippen LogP contribution in [0.1, 0.15) is 16.1 Å². The molecule has 0 saturated carbocycles. The van der Waals surface area contributed by atoms with Gasteiger partial charge in [0, 0.05) is 6.20 Å². The fraction of sp³-hybridized carbons (Fsp3) is 0.250. The molecule has 2 N–H and O–H groups in total. The van der Waals surface area contributed by atoms with Crippen LogP contribution in [0.15, 0.2) is 12.3 Å². The van der Waals surface area contributed by atoms with E-state index >= 15 is 0 Å². The number of hydrogen-bond acceptors (Lipinski definition) is 3. The van der Waals surface area contributed by atoms with Crippen molar-refractivity contribution in [1.82, 2.24) is 4.98 Å². The van der Waals surface area contributed by atoms with Crippen LogP contribution >= 0.6 is 0 Å². The number of rotatable bonds is 2. The smallest absolute Gasteiger partial charge is 0.254 e. The van der Waals surface area contributed by atoms with Gasteiger partial charge >= 0.3 is 0 Å². The normalized spacial score (nSPS) is 9.50. The number of carbonyl (C=O) groups is 1. The number of ether oxygens (including phenoxy) is 1. The van der Waals surface area contributed by atoms with Crippen LogP contribution in [0.5, 0.6) is 5.75 Å². The molecule has 1 rings (SSSR count). The highest BCUT2D eigenvalue weighted by Gasteiger charge is 2.11. The van der Waals surface area contributed by atoms with Gasteiger partial charge in [-0.05, 0) is 13.0 Å². The van der Waals surface area contributed by atoms with Gasteiger partial charge in [0.05, 0.1) is 12.8 Å². The van der Waals surface area contributed by atoms with E-state index in [1.54, 1.807) is 19.2 Å². The summed E-state index contributed by atoms with van der Waals surface area (Å²) in [4.78, 5) is 14.8. The third kappa shape index (κ3) is 1.37. The molecule has 0 aliphatic rings. The summed E-state index contributed by atoms with van der Waals surface area (Å²) in [7, 11) is 1.49. The predicted octanol–water partition coefficient (Wildman–Crippen LogP) is 0.498. The van der Waals surface area contributed by atoms with Crippen molar-refractivity contribution in [3.8, 4) is 5.75 Å². The molecule has 1 amide bonds. The van der Waals surface area contributed by atoms with Crippen molar-refractivity contribution in [2.45, 2.75) is 6.92 Å². The molecule has 1 heterocycles. The summed E-state index contributed by atoms with van der Waals surface area (Å²) in [5, 5.41) is 0. The number of nitrogens with zero attached hydrogens (tertiary/aromatic N) is 1. The van der Waals surface area contributed by atoms with Crippen LogP contribution < -0.4 is 10.5 Å². The van der Waals surface area contributed by atoms with Crippen molar-refractivity contribution in [1.29, 1.82) is 0 Å². The second kappa shape index (κ2) is 3.21. The highest BCUT2D eigenvalue weighted by molar-refractivity contribution is 5.96. The minimum absolute atomic E-state index is 0.347. The largest absolute Gasteiger partial charge is 0.496 e. The second-order valence-electron chi connectivity index (χ2n) is 2.34. The summed E-state index contributed by atoms with van der Waals surface area (Å²) in [5.74, 6) is -0.0487. The van der Waals surface area contributed by atoms with E-state index in [1.165, 1.54) is 7.11 Å². The van der Waals surface area contributed by atoms with E-state index in [1.807, 2.05) is 0 Å². The predicted molar refractivity (Wildman–Crippen MR) is 44.0 cm³/mol. The van der Waals surface area contributed by atoms with Crippen LogP contribution in [0.25, 0.3) is 0 Å². The first-order chi connectivity index (χ1) is 5.66. The highest BCUT2D eigenvalue weighted by Crippen LogP contribution is 2.18. The summed E-state index contributed by atoms with van der Waals surface area (Å²) >= 11 is 0. The number of aromatic nitrogens is 1. The van der Waals surface area contributed by atoms with Crippen LogP contribution in [0.3, 0.4) is 0 Å². The van der Waals surface area contributed by atoms with Gasteiger partial charge in [-0.15, -0.1) is 0 Å². The maximum Gasteiger partial charge on any atom is 0.254 e. The fourth-order valence-electron chi connectivity index (χ4n) is 1.01. The molecule has 64 valence electrons. The number of amides is 1. The van der Waals surface area contributed by atoms with E-state index in [2.05, 4.69) is 4.98 Å². The quantitative estimate of drug-likeness (QED) is 0.695. The third-order valence-corrected chi connectivity index (χ3v) is 1.57. The standard InChI is InChI=1S/C8H10N2O2/c1-5-7(8(9)11)6(12-2)3-4-10-5/h3-4H,1-2H3,(H2,9,11). The van der Waals surface area contributed by atoms with Crippen molar-refractivity contribution in [3.63, 3.8) is 0 Å². The Morgan fingerprint density at radius 3 is 2.75 bits per heavy atom. The number of primary amides is 1. The average Bonchev–Trinajstić information content (AvgIpc) is 2.03. The first-order valence-corrected chi connectivity index (χ1v) is 3.46.